The molecule has 2 N–H and O–H groups in total. The molecule has 0 fully saturated rings. The lowest BCUT2D eigenvalue weighted by Gasteiger charge is -2.06. The maximum Gasteiger partial charge on any atom is 0.259 e. The minimum Gasteiger partial charge on any atom is -0.289 e. The Balaban J connectivity index is 2.63. The van der Waals surface area contributed by atoms with Gasteiger partial charge in [0, 0.05) is 5.69 Å². The van der Waals surface area contributed by atoms with Crippen LogP contribution in [-0.4, -0.2) is 8.76 Å². The van der Waals surface area contributed by atoms with Crippen LogP contribution in [0.2, 0.25) is 0 Å². The molecule has 0 saturated carbocycles. The summed E-state index contributed by atoms with van der Waals surface area (Å²) in [6, 6.07) is 7.56. The second-order valence-electron chi connectivity index (χ2n) is 3.65. The first-order valence-corrected chi connectivity index (χ1v) is 5.65. The zero-order valence-corrected chi connectivity index (χ0v) is 9.17. The van der Waals surface area contributed by atoms with Gasteiger partial charge in [-0.15, -0.1) is 0 Å². The Morgan fingerprint density at radius 1 is 1.36 bits per heavy atom. The first-order chi connectivity index (χ1) is 6.58. The minimum absolute atomic E-state index is 0.626. The molecule has 0 aliphatic rings. The van der Waals surface area contributed by atoms with Crippen molar-refractivity contribution in [1.29, 1.82) is 0 Å². The molecular formula is C10H15NO2S. The van der Waals surface area contributed by atoms with Gasteiger partial charge in [-0.2, -0.15) is 0 Å². The number of rotatable bonds is 4. The molecule has 0 aliphatic heterocycles. The third-order valence-corrected chi connectivity index (χ3v) is 2.21. The molecule has 1 aromatic carbocycles. The molecule has 0 aliphatic carbocycles. The van der Waals surface area contributed by atoms with Crippen molar-refractivity contribution in [3.63, 3.8) is 0 Å². The molecule has 0 bridgehead atoms. The number of nitrogens with one attached hydrogen (secondary N) is 1. The maximum absolute atomic E-state index is 10.4. The summed E-state index contributed by atoms with van der Waals surface area (Å²) in [6.07, 6.45) is 1.03. The molecule has 1 aromatic rings. The second-order valence-corrected chi connectivity index (χ2v) is 4.35. The van der Waals surface area contributed by atoms with Crippen molar-refractivity contribution in [2.24, 2.45) is 5.92 Å². The highest BCUT2D eigenvalue weighted by Gasteiger charge is 1.98. The molecule has 0 aromatic heterocycles. The lowest BCUT2D eigenvalue weighted by Crippen LogP contribution is -2.02. The van der Waals surface area contributed by atoms with E-state index < -0.39 is 11.3 Å². The number of anilines is 1. The SMILES string of the molecule is CC(C)Cc1ccc(NS(=O)O)cc1. The van der Waals surface area contributed by atoms with Gasteiger partial charge < -0.3 is 0 Å². The highest BCUT2D eigenvalue weighted by molar-refractivity contribution is 7.80. The van der Waals surface area contributed by atoms with Crippen molar-refractivity contribution >= 4 is 17.0 Å². The topological polar surface area (TPSA) is 49.3 Å². The zero-order valence-electron chi connectivity index (χ0n) is 8.36. The van der Waals surface area contributed by atoms with Crippen LogP contribution in [0.1, 0.15) is 19.4 Å². The largest absolute Gasteiger partial charge is 0.289 e. The van der Waals surface area contributed by atoms with Crippen molar-refractivity contribution in [2.75, 3.05) is 4.72 Å². The van der Waals surface area contributed by atoms with Gasteiger partial charge in [-0.05, 0) is 30.0 Å². The Bertz CT molecular complexity index is 308. The van der Waals surface area contributed by atoms with Crippen molar-refractivity contribution < 1.29 is 8.76 Å². The molecule has 4 heteroatoms. The van der Waals surface area contributed by atoms with Gasteiger partial charge in [-0.3, -0.25) is 9.27 Å². The van der Waals surface area contributed by atoms with Gasteiger partial charge >= 0.3 is 0 Å². The first-order valence-electron chi connectivity index (χ1n) is 4.54. The Labute approximate surface area is 87.0 Å². The van der Waals surface area contributed by atoms with Gasteiger partial charge in [0.15, 0.2) is 0 Å². The van der Waals surface area contributed by atoms with E-state index in [0.717, 1.165) is 6.42 Å². The summed E-state index contributed by atoms with van der Waals surface area (Å²) in [5.74, 6) is 0.626. The molecule has 1 unspecified atom stereocenters. The van der Waals surface area contributed by atoms with Crippen LogP contribution < -0.4 is 4.72 Å². The van der Waals surface area contributed by atoms with E-state index >= 15 is 0 Å². The molecule has 14 heavy (non-hydrogen) atoms. The Hall–Kier alpha value is -0.870. The maximum atomic E-state index is 10.4. The number of benzene rings is 1. The molecule has 1 rings (SSSR count). The molecule has 0 amide bonds. The van der Waals surface area contributed by atoms with Crippen LogP contribution in [0.4, 0.5) is 5.69 Å². The van der Waals surface area contributed by atoms with Gasteiger partial charge in [-0.1, -0.05) is 26.0 Å². The molecule has 0 spiro atoms. The van der Waals surface area contributed by atoms with Crippen molar-refractivity contribution in [2.45, 2.75) is 20.3 Å². The predicted octanol–water partition coefficient (Wildman–Crippen LogP) is 2.43. The van der Waals surface area contributed by atoms with Crippen LogP contribution >= 0.6 is 0 Å². The van der Waals surface area contributed by atoms with E-state index in [1.807, 2.05) is 24.3 Å². The fourth-order valence-corrected chi connectivity index (χ4v) is 1.62. The first kappa shape index (κ1) is 11.2. The summed E-state index contributed by atoms with van der Waals surface area (Å²) < 4.78 is 21.4. The summed E-state index contributed by atoms with van der Waals surface area (Å²) >= 11 is -1.98. The van der Waals surface area contributed by atoms with Gasteiger partial charge in [0.1, 0.15) is 0 Å². The fourth-order valence-electron chi connectivity index (χ4n) is 1.28. The Morgan fingerprint density at radius 2 is 1.93 bits per heavy atom. The average Bonchev–Trinajstić information content (AvgIpc) is 2.06. The van der Waals surface area contributed by atoms with Crippen molar-refractivity contribution in [3.05, 3.63) is 29.8 Å². The lowest BCUT2D eigenvalue weighted by molar-refractivity contribution is 0.570. The van der Waals surface area contributed by atoms with Crippen LogP contribution in [0.3, 0.4) is 0 Å². The number of hydrogen-bond donors (Lipinski definition) is 2. The van der Waals surface area contributed by atoms with Gasteiger partial charge in [0.25, 0.3) is 11.3 Å². The monoisotopic (exact) mass is 213 g/mol. The highest BCUT2D eigenvalue weighted by Crippen LogP contribution is 2.13. The molecular weight excluding hydrogens is 198 g/mol. The highest BCUT2D eigenvalue weighted by atomic mass is 32.2. The predicted molar refractivity (Wildman–Crippen MR) is 59.4 cm³/mol. The smallest absolute Gasteiger partial charge is 0.259 e. The summed E-state index contributed by atoms with van der Waals surface area (Å²) in [4.78, 5) is 0. The molecule has 3 nitrogen and oxygen atoms in total. The van der Waals surface area contributed by atoms with Crippen LogP contribution in [-0.2, 0) is 17.7 Å². The molecule has 0 saturated heterocycles. The van der Waals surface area contributed by atoms with Crippen LogP contribution in [0.15, 0.2) is 24.3 Å². The van der Waals surface area contributed by atoms with E-state index in [1.165, 1.54) is 5.56 Å². The summed E-state index contributed by atoms with van der Waals surface area (Å²) in [7, 11) is 0. The third-order valence-electron chi connectivity index (χ3n) is 1.80. The van der Waals surface area contributed by atoms with E-state index in [0.29, 0.717) is 11.6 Å². The van der Waals surface area contributed by atoms with E-state index in [1.54, 1.807) is 0 Å². The molecule has 0 radical (unpaired) electrons. The van der Waals surface area contributed by atoms with E-state index in [-0.39, 0.29) is 0 Å². The second kappa shape index (κ2) is 5.12. The lowest BCUT2D eigenvalue weighted by atomic mass is 10.0. The van der Waals surface area contributed by atoms with Crippen molar-refractivity contribution in [1.82, 2.24) is 0 Å². The number of hydrogen-bond acceptors (Lipinski definition) is 1. The van der Waals surface area contributed by atoms with Crippen LogP contribution in [0, 0.1) is 5.92 Å². The summed E-state index contributed by atoms with van der Waals surface area (Å²) in [5, 5.41) is 0. The van der Waals surface area contributed by atoms with Crippen LogP contribution in [0.25, 0.3) is 0 Å². The quantitative estimate of drug-likeness (QED) is 0.755. The molecule has 78 valence electrons. The van der Waals surface area contributed by atoms with Gasteiger partial charge in [0.05, 0.1) is 0 Å². The third kappa shape index (κ3) is 3.89. The zero-order chi connectivity index (χ0) is 10.6. The van der Waals surface area contributed by atoms with Gasteiger partial charge in [-0.25, -0.2) is 4.21 Å². The normalized spacial score (nSPS) is 12.9. The summed E-state index contributed by atoms with van der Waals surface area (Å²) in [6.45, 7) is 4.32. The minimum atomic E-state index is -1.98. The van der Waals surface area contributed by atoms with Crippen LogP contribution in [0.5, 0.6) is 0 Å². The average molecular weight is 213 g/mol. The molecule has 1 atom stereocenters. The Kier molecular flexibility index (Phi) is 4.10. The van der Waals surface area contributed by atoms with E-state index in [4.69, 9.17) is 4.55 Å². The van der Waals surface area contributed by atoms with Crippen molar-refractivity contribution in [3.8, 4) is 0 Å². The Morgan fingerprint density at radius 3 is 2.36 bits per heavy atom. The fraction of sp³-hybridized carbons (Fsp3) is 0.400. The standard InChI is InChI=1S/C10H15NO2S/c1-8(2)7-9-3-5-10(6-4-9)11-14(12)13/h3-6,8,11H,7H2,1-2H3,(H,12,13). The van der Waals surface area contributed by atoms with Gasteiger partial charge in [0.2, 0.25) is 0 Å². The van der Waals surface area contributed by atoms with E-state index in [2.05, 4.69) is 18.6 Å². The molecule has 0 heterocycles. The van der Waals surface area contributed by atoms with E-state index in [9.17, 15) is 4.21 Å². The summed E-state index contributed by atoms with van der Waals surface area (Å²) in [5.41, 5.74) is 1.91.